The molecule has 4 rings (SSSR count). The van der Waals surface area contributed by atoms with Crippen molar-refractivity contribution in [3.63, 3.8) is 0 Å². The molecule has 0 aliphatic heterocycles. The summed E-state index contributed by atoms with van der Waals surface area (Å²) < 4.78 is 23.4. The molecule has 0 N–H and O–H groups in total. The third-order valence-corrected chi connectivity index (χ3v) is 9.43. The van der Waals surface area contributed by atoms with E-state index in [2.05, 4.69) is 6.92 Å². The number of allylic oxidation sites excluding steroid dienone is 4. The number of rotatable bonds is 7. The minimum absolute atomic E-state index is 0.0499. The lowest BCUT2D eigenvalue weighted by molar-refractivity contribution is -0.191. The van der Waals surface area contributed by atoms with Crippen LogP contribution in [0.2, 0.25) is 0 Å². The molecule has 0 aromatic rings. The zero-order valence-corrected chi connectivity index (χ0v) is 20.1. The Labute approximate surface area is 195 Å². The second kappa shape index (κ2) is 8.16. The Morgan fingerprint density at radius 1 is 1.22 bits per heavy atom. The number of carbonyl (C=O) groups excluding carboxylic acids is 3. The molecule has 0 unspecified atom stereocenters. The molecular formula is C26H34ClFO4. The number of hydrogen-bond donors (Lipinski definition) is 0. The van der Waals surface area contributed by atoms with E-state index in [0.717, 1.165) is 19.3 Å². The van der Waals surface area contributed by atoms with Crippen LogP contribution in [0.1, 0.15) is 72.1 Å². The highest BCUT2D eigenvalue weighted by Crippen LogP contribution is 2.69. The predicted molar refractivity (Wildman–Crippen MR) is 121 cm³/mol. The van der Waals surface area contributed by atoms with Gasteiger partial charge in [-0.25, -0.2) is 4.39 Å². The quantitative estimate of drug-likeness (QED) is 0.378. The minimum atomic E-state index is -2.08. The Hall–Kier alpha value is -1.33. The lowest BCUT2D eigenvalue weighted by Crippen LogP contribution is -2.68. The summed E-state index contributed by atoms with van der Waals surface area (Å²) in [6.07, 6.45) is 9.50. The molecule has 0 bridgehead atoms. The number of halogens is 2. The van der Waals surface area contributed by atoms with Crippen LogP contribution in [0.15, 0.2) is 23.8 Å². The summed E-state index contributed by atoms with van der Waals surface area (Å²) >= 11 is 6.05. The monoisotopic (exact) mass is 464 g/mol. The van der Waals surface area contributed by atoms with Crippen LogP contribution in [0.25, 0.3) is 0 Å². The molecule has 0 saturated heterocycles. The molecule has 0 aromatic heterocycles. The van der Waals surface area contributed by atoms with Gasteiger partial charge in [0, 0.05) is 29.8 Å². The topological polar surface area (TPSA) is 60.4 Å². The van der Waals surface area contributed by atoms with E-state index in [-0.39, 0.29) is 29.8 Å². The molecule has 4 aliphatic rings. The molecule has 32 heavy (non-hydrogen) atoms. The van der Waals surface area contributed by atoms with Crippen LogP contribution >= 0.6 is 11.6 Å². The fraction of sp³-hybridized carbons (Fsp3) is 0.731. The average Bonchev–Trinajstić information content (AvgIpc) is 3.05. The molecule has 6 heteroatoms. The minimum Gasteiger partial charge on any atom is -0.367 e. The first-order chi connectivity index (χ1) is 15.1. The Bertz CT molecular complexity index is 896. The molecular weight excluding hydrogens is 431 g/mol. The van der Waals surface area contributed by atoms with Gasteiger partial charge in [0.25, 0.3) is 0 Å². The van der Waals surface area contributed by atoms with E-state index in [1.54, 1.807) is 13.0 Å². The maximum absolute atomic E-state index is 17.0. The maximum atomic E-state index is 17.0. The maximum Gasteiger partial charge on any atom is 0.184 e. The van der Waals surface area contributed by atoms with Crippen molar-refractivity contribution < 1.29 is 23.5 Å². The molecule has 0 heterocycles. The van der Waals surface area contributed by atoms with Crippen LogP contribution in [-0.4, -0.2) is 41.1 Å². The van der Waals surface area contributed by atoms with Gasteiger partial charge >= 0.3 is 0 Å². The highest BCUT2D eigenvalue weighted by atomic mass is 35.5. The number of ether oxygens (including phenoxy) is 1. The molecule has 3 saturated carbocycles. The van der Waals surface area contributed by atoms with Crippen molar-refractivity contribution >= 4 is 29.0 Å². The van der Waals surface area contributed by atoms with Gasteiger partial charge in [-0.1, -0.05) is 38.3 Å². The number of alkyl halides is 2. The van der Waals surface area contributed by atoms with E-state index in [1.807, 2.05) is 6.92 Å². The van der Waals surface area contributed by atoms with Gasteiger partial charge in [-0.15, -0.1) is 11.6 Å². The highest BCUT2D eigenvalue weighted by Gasteiger charge is 2.74. The van der Waals surface area contributed by atoms with Gasteiger partial charge in [0.15, 0.2) is 23.0 Å². The summed E-state index contributed by atoms with van der Waals surface area (Å²) in [5.41, 5.74) is -4.42. The fourth-order valence-corrected chi connectivity index (χ4v) is 7.62. The van der Waals surface area contributed by atoms with Gasteiger partial charge in [0.05, 0.1) is 5.88 Å². The van der Waals surface area contributed by atoms with Crippen molar-refractivity contribution in [2.24, 2.45) is 22.7 Å². The largest absolute Gasteiger partial charge is 0.367 e. The molecule has 6 atom stereocenters. The summed E-state index contributed by atoms with van der Waals surface area (Å²) in [5.74, 6) is -1.66. The molecule has 0 spiro atoms. The first-order valence-electron chi connectivity index (χ1n) is 12.0. The first kappa shape index (κ1) is 23.8. The van der Waals surface area contributed by atoms with Crippen LogP contribution in [0, 0.1) is 22.7 Å². The molecule has 176 valence electrons. The van der Waals surface area contributed by atoms with Crippen molar-refractivity contribution in [1.29, 1.82) is 0 Å². The summed E-state index contributed by atoms with van der Waals surface area (Å²) in [7, 11) is 0. The second-order valence-electron chi connectivity index (χ2n) is 10.6. The molecule has 0 radical (unpaired) electrons. The van der Waals surface area contributed by atoms with Gasteiger partial charge in [0.2, 0.25) is 0 Å². The lowest BCUT2D eigenvalue weighted by atomic mass is 9.45. The third kappa shape index (κ3) is 2.99. The summed E-state index contributed by atoms with van der Waals surface area (Å²) in [5, 5.41) is 0. The summed E-state index contributed by atoms with van der Waals surface area (Å²) in [6.45, 7) is 6.24. The van der Waals surface area contributed by atoms with Crippen LogP contribution < -0.4 is 0 Å². The van der Waals surface area contributed by atoms with Gasteiger partial charge in [0.1, 0.15) is 5.60 Å². The van der Waals surface area contributed by atoms with Gasteiger partial charge in [-0.3, -0.25) is 14.4 Å². The standard InChI is InChI=1S/C26H34ClFO4/c1-4-5-6-13-32-25(22(31)16-27)12-10-19-20-8-7-17-14-18(29)9-11-23(17,2)26(20,28)21(30)15-24(19,25)3/h9,11,14,19-20H,4-8,10,12-13,15-16H2,1-3H3/t19-,20-,23-,24-,25-,26-/m0/s1. The van der Waals surface area contributed by atoms with Gasteiger partial charge < -0.3 is 4.74 Å². The number of unbranched alkanes of at least 4 members (excludes halogenated alkanes) is 2. The predicted octanol–water partition coefficient (Wildman–Crippen LogP) is 5.32. The Morgan fingerprint density at radius 2 is 1.97 bits per heavy atom. The number of hydrogen-bond acceptors (Lipinski definition) is 4. The Morgan fingerprint density at radius 3 is 2.66 bits per heavy atom. The van der Waals surface area contributed by atoms with Gasteiger partial charge in [-0.05, 0) is 57.1 Å². The smallest absolute Gasteiger partial charge is 0.184 e. The van der Waals surface area contributed by atoms with E-state index in [4.69, 9.17) is 16.3 Å². The third-order valence-electron chi connectivity index (χ3n) is 9.19. The number of carbonyl (C=O) groups is 3. The van der Waals surface area contributed by atoms with Crippen molar-refractivity contribution in [3.05, 3.63) is 23.8 Å². The molecule has 0 aromatic carbocycles. The Kier molecular flexibility index (Phi) is 6.07. The molecule has 0 amide bonds. The second-order valence-corrected chi connectivity index (χ2v) is 10.8. The molecule has 3 fully saturated rings. The summed E-state index contributed by atoms with van der Waals surface area (Å²) in [6, 6.07) is 0. The lowest BCUT2D eigenvalue weighted by Gasteiger charge is -2.60. The zero-order valence-electron chi connectivity index (χ0n) is 19.3. The van der Waals surface area contributed by atoms with E-state index >= 15 is 4.39 Å². The SMILES string of the molecule is CCCCCO[C@]1(C(=O)CCl)CC[C@H]2[C@@H]3CCC4=CC(=O)C=C[C@]4(C)[C@@]3(F)C(=O)C[C@@]21C. The van der Waals surface area contributed by atoms with Crippen molar-refractivity contribution in [3.8, 4) is 0 Å². The number of Topliss-reactive ketones (excluding diaryl/α,β-unsaturated/α-hetero) is 2. The highest BCUT2D eigenvalue weighted by molar-refractivity contribution is 6.29. The first-order valence-corrected chi connectivity index (χ1v) is 12.5. The molecule has 4 nitrogen and oxygen atoms in total. The average molecular weight is 465 g/mol. The van der Waals surface area contributed by atoms with Crippen LogP contribution in [0.5, 0.6) is 0 Å². The van der Waals surface area contributed by atoms with Crippen molar-refractivity contribution in [2.75, 3.05) is 12.5 Å². The van der Waals surface area contributed by atoms with Crippen LogP contribution in [0.3, 0.4) is 0 Å². The van der Waals surface area contributed by atoms with E-state index in [1.165, 1.54) is 12.2 Å². The van der Waals surface area contributed by atoms with Crippen LogP contribution in [-0.2, 0) is 19.1 Å². The normalized spacial score (nSPS) is 42.8. The van der Waals surface area contributed by atoms with E-state index in [0.29, 0.717) is 37.9 Å². The zero-order chi connectivity index (χ0) is 23.4. The molecule has 4 aliphatic carbocycles. The van der Waals surface area contributed by atoms with E-state index in [9.17, 15) is 14.4 Å². The van der Waals surface area contributed by atoms with Crippen molar-refractivity contribution in [2.45, 2.75) is 83.4 Å². The Balaban J connectivity index is 1.74. The van der Waals surface area contributed by atoms with Crippen molar-refractivity contribution in [1.82, 2.24) is 0 Å². The van der Waals surface area contributed by atoms with Crippen LogP contribution in [0.4, 0.5) is 4.39 Å². The summed E-state index contributed by atoms with van der Waals surface area (Å²) in [4.78, 5) is 38.9. The number of fused-ring (bicyclic) bond motifs is 5. The van der Waals surface area contributed by atoms with Gasteiger partial charge in [-0.2, -0.15) is 0 Å². The number of ketones is 3. The fourth-order valence-electron chi connectivity index (χ4n) is 7.41. The van der Waals surface area contributed by atoms with E-state index < -0.39 is 33.8 Å².